The van der Waals surface area contributed by atoms with Crippen molar-refractivity contribution in [2.75, 3.05) is 7.11 Å². The second-order valence-corrected chi connectivity index (χ2v) is 4.52. The molecule has 0 amide bonds. The highest BCUT2D eigenvalue weighted by Gasteiger charge is 2.31. The lowest BCUT2D eigenvalue weighted by Gasteiger charge is -2.14. The van der Waals surface area contributed by atoms with Crippen molar-refractivity contribution >= 4 is 16.9 Å². The minimum atomic E-state index is -4.55. The number of ether oxygens (including phenoxy) is 1. The molecule has 2 aromatic rings. The Bertz CT molecular complexity index is 711. The van der Waals surface area contributed by atoms with Crippen LogP contribution in [0.3, 0.4) is 0 Å². The number of nitrogens with zero attached hydrogens (tertiary/aromatic N) is 1. The Morgan fingerprint density at radius 2 is 2.05 bits per heavy atom. The normalized spacial score (nSPS) is 11.9. The fourth-order valence-electron chi connectivity index (χ4n) is 2.17. The Morgan fingerprint density at radius 1 is 1.38 bits per heavy atom. The molecule has 0 aliphatic carbocycles. The maximum absolute atomic E-state index is 12.8. The predicted molar refractivity (Wildman–Crippen MR) is 69.2 cm³/mol. The highest BCUT2D eigenvalue weighted by atomic mass is 19.4. The number of aryl methyl sites for hydroxylation is 1. The van der Waals surface area contributed by atoms with Crippen LogP contribution in [0, 0.1) is 6.92 Å². The van der Waals surface area contributed by atoms with E-state index in [2.05, 4.69) is 4.98 Å². The number of alkyl halides is 3. The van der Waals surface area contributed by atoms with E-state index in [1.54, 1.807) is 6.92 Å². The minimum absolute atomic E-state index is 0.0351. The lowest BCUT2D eigenvalue weighted by molar-refractivity contribution is -0.137. The molecule has 0 fully saturated rings. The second-order valence-electron chi connectivity index (χ2n) is 4.52. The Kier molecular flexibility index (Phi) is 3.87. The largest absolute Gasteiger partial charge is 0.478 e. The maximum atomic E-state index is 12.8. The average Bonchev–Trinajstić information content (AvgIpc) is 2.37. The number of aromatic carboxylic acids is 1. The lowest BCUT2D eigenvalue weighted by Crippen LogP contribution is -2.10. The molecule has 1 aromatic carbocycles. The third-order valence-electron chi connectivity index (χ3n) is 3.12. The Hall–Kier alpha value is -2.15. The molecule has 1 heterocycles. The highest BCUT2D eigenvalue weighted by molar-refractivity contribution is 6.04. The maximum Gasteiger partial charge on any atom is 0.416 e. The molecule has 0 atom stereocenters. The number of hydrogen-bond donors (Lipinski definition) is 1. The SMILES string of the molecule is COCc1c(C)nc2ccc(C(F)(F)F)cc2c1C(=O)O. The first-order chi connectivity index (χ1) is 9.75. The van der Waals surface area contributed by atoms with E-state index in [-0.39, 0.29) is 28.6 Å². The molecule has 0 saturated heterocycles. The van der Waals surface area contributed by atoms with Gasteiger partial charge in [0.25, 0.3) is 0 Å². The van der Waals surface area contributed by atoms with Crippen LogP contribution in [0.1, 0.15) is 27.2 Å². The molecular weight excluding hydrogens is 287 g/mol. The Morgan fingerprint density at radius 3 is 2.57 bits per heavy atom. The van der Waals surface area contributed by atoms with Gasteiger partial charge in [-0.3, -0.25) is 4.98 Å². The molecule has 1 aromatic heterocycles. The fourth-order valence-corrected chi connectivity index (χ4v) is 2.17. The van der Waals surface area contributed by atoms with Crippen LogP contribution in [0.15, 0.2) is 18.2 Å². The average molecular weight is 299 g/mol. The number of pyridine rings is 1. The van der Waals surface area contributed by atoms with E-state index in [1.807, 2.05) is 0 Å². The summed E-state index contributed by atoms with van der Waals surface area (Å²) in [4.78, 5) is 15.6. The number of carbonyl (C=O) groups is 1. The number of fused-ring (bicyclic) bond motifs is 1. The van der Waals surface area contributed by atoms with Gasteiger partial charge in [-0.25, -0.2) is 4.79 Å². The molecule has 0 aliphatic heterocycles. The first-order valence-electron chi connectivity index (χ1n) is 5.98. The monoisotopic (exact) mass is 299 g/mol. The van der Waals surface area contributed by atoms with Crippen molar-refractivity contribution in [2.45, 2.75) is 19.7 Å². The number of aromatic nitrogens is 1. The van der Waals surface area contributed by atoms with Gasteiger partial charge in [-0.1, -0.05) is 0 Å². The van der Waals surface area contributed by atoms with Gasteiger partial charge in [-0.2, -0.15) is 13.2 Å². The van der Waals surface area contributed by atoms with Crippen LogP contribution in [0.25, 0.3) is 10.9 Å². The van der Waals surface area contributed by atoms with Crippen LogP contribution in [-0.4, -0.2) is 23.2 Å². The second kappa shape index (κ2) is 5.33. The summed E-state index contributed by atoms with van der Waals surface area (Å²) < 4.78 is 43.3. The van der Waals surface area contributed by atoms with Gasteiger partial charge in [0, 0.05) is 23.8 Å². The van der Waals surface area contributed by atoms with E-state index in [0.717, 1.165) is 12.1 Å². The van der Waals surface area contributed by atoms with Crippen molar-refractivity contribution in [3.8, 4) is 0 Å². The van der Waals surface area contributed by atoms with Crippen LogP contribution in [0.5, 0.6) is 0 Å². The molecule has 1 N–H and O–H groups in total. The molecule has 112 valence electrons. The number of methoxy groups -OCH3 is 1. The van der Waals surface area contributed by atoms with E-state index in [1.165, 1.54) is 13.2 Å². The number of hydrogen-bond acceptors (Lipinski definition) is 3. The van der Waals surface area contributed by atoms with Gasteiger partial charge in [0.15, 0.2) is 0 Å². The van der Waals surface area contributed by atoms with Crippen LogP contribution >= 0.6 is 0 Å². The summed E-state index contributed by atoms with van der Waals surface area (Å²) in [5, 5.41) is 9.30. The van der Waals surface area contributed by atoms with E-state index in [4.69, 9.17) is 4.74 Å². The van der Waals surface area contributed by atoms with E-state index >= 15 is 0 Å². The molecule has 0 saturated carbocycles. The van der Waals surface area contributed by atoms with Gasteiger partial charge in [0.2, 0.25) is 0 Å². The standard InChI is InChI=1S/C14H12F3NO3/c1-7-10(6-21-2)12(13(19)20)9-5-8(14(15,16)17)3-4-11(9)18-7/h3-5H,6H2,1-2H3,(H,19,20). The van der Waals surface area contributed by atoms with Crippen molar-refractivity contribution in [2.24, 2.45) is 0 Å². The first-order valence-corrected chi connectivity index (χ1v) is 5.98. The summed E-state index contributed by atoms with van der Waals surface area (Å²) in [6, 6.07) is 2.87. The molecular formula is C14H12F3NO3. The molecule has 21 heavy (non-hydrogen) atoms. The molecule has 0 bridgehead atoms. The summed E-state index contributed by atoms with van der Waals surface area (Å²) in [7, 11) is 1.38. The molecule has 2 rings (SSSR count). The summed E-state index contributed by atoms with van der Waals surface area (Å²) in [6.45, 7) is 1.56. The van der Waals surface area contributed by atoms with Gasteiger partial charge in [0.1, 0.15) is 0 Å². The number of rotatable bonds is 3. The number of carboxylic acids is 1. The van der Waals surface area contributed by atoms with Crippen LogP contribution in [0.4, 0.5) is 13.2 Å². The molecule has 0 unspecified atom stereocenters. The van der Waals surface area contributed by atoms with E-state index < -0.39 is 17.7 Å². The zero-order chi connectivity index (χ0) is 15.8. The smallest absolute Gasteiger partial charge is 0.416 e. The lowest BCUT2D eigenvalue weighted by atomic mass is 9.99. The zero-order valence-electron chi connectivity index (χ0n) is 11.3. The van der Waals surface area contributed by atoms with Crippen molar-refractivity contribution in [1.82, 2.24) is 4.98 Å². The van der Waals surface area contributed by atoms with Crippen LogP contribution in [0.2, 0.25) is 0 Å². The van der Waals surface area contributed by atoms with Crippen molar-refractivity contribution in [3.63, 3.8) is 0 Å². The minimum Gasteiger partial charge on any atom is -0.478 e. The van der Waals surface area contributed by atoms with Crippen LogP contribution in [-0.2, 0) is 17.5 Å². The van der Waals surface area contributed by atoms with Gasteiger partial charge in [-0.15, -0.1) is 0 Å². The quantitative estimate of drug-likeness (QED) is 0.943. The summed E-state index contributed by atoms with van der Waals surface area (Å²) in [5.74, 6) is -1.31. The zero-order valence-corrected chi connectivity index (χ0v) is 11.3. The van der Waals surface area contributed by atoms with E-state index in [0.29, 0.717) is 5.69 Å². The first kappa shape index (κ1) is 15.2. The fraction of sp³-hybridized carbons (Fsp3) is 0.286. The van der Waals surface area contributed by atoms with Crippen molar-refractivity contribution < 1.29 is 27.8 Å². The summed E-state index contributed by atoms with van der Waals surface area (Å²) in [5.41, 5.74) is -0.215. The molecule has 0 radical (unpaired) electrons. The number of benzene rings is 1. The summed E-state index contributed by atoms with van der Waals surface area (Å²) >= 11 is 0. The van der Waals surface area contributed by atoms with Gasteiger partial charge < -0.3 is 9.84 Å². The van der Waals surface area contributed by atoms with Crippen molar-refractivity contribution in [1.29, 1.82) is 0 Å². The van der Waals surface area contributed by atoms with Gasteiger partial charge >= 0.3 is 12.1 Å². The molecule has 7 heteroatoms. The Labute approximate surface area is 118 Å². The number of halogens is 3. The number of carboxylic acid groups (broad SMARTS) is 1. The van der Waals surface area contributed by atoms with Gasteiger partial charge in [0.05, 0.1) is 23.3 Å². The molecule has 0 aliphatic rings. The van der Waals surface area contributed by atoms with Crippen LogP contribution < -0.4 is 0 Å². The Balaban J connectivity index is 2.84. The van der Waals surface area contributed by atoms with Crippen molar-refractivity contribution in [3.05, 3.63) is 40.6 Å². The van der Waals surface area contributed by atoms with E-state index in [9.17, 15) is 23.1 Å². The highest BCUT2D eigenvalue weighted by Crippen LogP contribution is 2.33. The third-order valence-corrected chi connectivity index (χ3v) is 3.12. The van der Waals surface area contributed by atoms with Gasteiger partial charge in [-0.05, 0) is 25.1 Å². The molecule has 0 spiro atoms. The summed E-state index contributed by atoms with van der Waals surface area (Å²) in [6.07, 6.45) is -4.55. The third kappa shape index (κ3) is 2.82. The predicted octanol–water partition coefficient (Wildman–Crippen LogP) is 3.41. The topological polar surface area (TPSA) is 59.4 Å². The molecule has 4 nitrogen and oxygen atoms in total.